The van der Waals surface area contributed by atoms with Gasteiger partial charge in [-0.1, -0.05) is 6.07 Å². The van der Waals surface area contributed by atoms with Crippen molar-refractivity contribution in [2.45, 2.75) is 45.6 Å². The quantitative estimate of drug-likeness (QED) is 0.695. The Morgan fingerprint density at radius 3 is 2.67 bits per heavy atom. The van der Waals surface area contributed by atoms with Gasteiger partial charge in [0.2, 0.25) is 5.91 Å². The van der Waals surface area contributed by atoms with E-state index in [9.17, 15) is 4.79 Å². The van der Waals surface area contributed by atoms with Gasteiger partial charge in [0.1, 0.15) is 5.82 Å². The molecule has 3 heterocycles. The number of nitrogens with one attached hydrogen (secondary N) is 2. The molecule has 0 aromatic carbocycles. The number of hydrogen-bond donors (Lipinski definition) is 2. The second-order valence-corrected chi connectivity index (χ2v) is 8.19. The van der Waals surface area contributed by atoms with E-state index in [1.54, 1.807) is 7.11 Å². The first-order valence-electron chi connectivity index (χ1n) is 10.6. The number of amides is 1. The predicted octanol–water partition coefficient (Wildman–Crippen LogP) is 3.17. The Bertz CT molecular complexity index is 849. The maximum atomic E-state index is 12.2. The maximum Gasteiger partial charge on any atom is 0.234 e. The number of anilines is 2. The molecule has 0 saturated carbocycles. The highest BCUT2D eigenvalue weighted by Gasteiger charge is 2.23. The van der Waals surface area contributed by atoms with E-state index in [1.165, 1.54) is 0 Å². The highest BCUT2D eigenvalue weighted by molar-refractivity contribution is 5.78. The number of ether oxygens (including phenoxy) is 1. The minimum Gasteiger partial charge on any atom is -0.383 e. The minimum absolute atomic E-state index is 0.0327. The first-order valence-corrected chi connectivity index (χ1v) is 10.6. The molecular formula is C23H33N5O2. The second-order valence-electron chi connectivity index (χ2n) is 8.19. The van der Waals surface area contributed by atoms with Crippen molar-refractivity contribution in [2.75, 3.05) is 38.7 Å². The largest absolute Gasteiger partial charge is 0.383 e. The van der Waals surface area contributed by atoms with Crippen LogP contribution in [0.25, 0.3) is 0 Å². The molecule has 1 amide bonds. The van der Waals surface area contributed by atoms with E-state index >= 15 is 0 Å². The molecule has 2 aromatic heterocycles. The predicted molar refractivity (Wildman–Crippen MR) is 119 cm³/mol. The van der Waals surface area contributed by atoms with E-state index in [1.807, 2.05) is 45.0 Å². The van der Waals surface area contributed by atoms with Crippen molar-refractivity contribution in [2.24, 2.45) is 0 Å². The van der Waals surface area contributed by atoms with E-state index in [0.717, 1.165) is 54.5 Å². The van der Waals surface area contributed by atoms with Gasteiger partial charge in [-0.2, -0.15) is 0 Å². The number of piperidine rings is 1. The number of carbonyl (C=O) groups excluding carboxylic acids is 1. The fraction of sp³-hybridized carbons (Fsp3) is 0.522. The molecule has 0 spiro atoms. The van der Waals surface area contributed by atoms with E-state index in [2.05, 4.69) is 26.6 Å². The fourth-order valence-electron chi connectivity index (χ4n) is 3.94. The van der Waals surface area contributed by atoms with Gasteiger partial charge in [-0.05, 0) is 71.0 Å². The van der Waals surface area contributed by atoms with Gasteiger partial charge in [-0.3, -0.25) is 14.7 Å². The summed E-state index contributed by atoms with van der Waals surface area (Å²) in [7, 11) is 1.64. The van der Waals surface area contributed by atoms with Gasteiger partial charge in [-0.15, -0.1) is 0 Å². The first kappa shape index (κ1) is 22.2. The van der Waals surface area contributed by atoms with Gasteiger partial charge in [-0.25, -0.2) is 4.98 Å². The summed E-state index contributed by atoms with van der Waals surface area (Å²) in [5.74, 6) is 1.31. The number of aryl methyl sites for hydroxylation is 2. The number of likely N-dealkylation sites (tertiary alicyclic amines) is 1. The van der Waals surface area contributed by atoms with E-state index < -0.39 is 0 Å². The summed E-state index contributed by atoms with van der Waals surface area (Å²) < 4.78 is 5.08. The van der Waals surface area contributed by atoms with Crippen LogP contribution in [0.2, 0.25) is 0 Å². The highest BCUT2D eigenvalue weighted by atomic mass is 16.5. The monoisotopic (exact) mass is 411 g/mol. The molecule has 2 N–H and O–H groups in total. The third kappa shape index (κ3) is 6.50. The average molecular weight is 412 g/mol. The van der Waals surface area contributed by atoms with Crippen molar-refractivity contribution in [3.05, 3.63) is 47.4 Å². The van der Waals surface area contributed by atoms with E-state index in [4.69, 9.17) is 9.72 Å². The molecule has 3 rings (SSSR count). The number of rotatable bonds is 8. The first-order chi connectivity index (χ1) is 14.4. The van der Waals surface area contributed by atoms with Crippen LogP contribution in [0.4, 0.5) is 11.5 Å². The van der Waals surface area contributed by atoms with Crippen LogP contribution in [0.3, 0.4) is 0 Å². The van der Waals surface area contributed by atoms with Crippen molar-refractivity contribution in [1.82, 2.24) is 20.2 Å². The van der Waals surface area contributed by atoms with Crippen LogP contribution < -0.4 is 10.6 Å². The second kappa shape index (κ2) is 10.5. The van der Waals surface area contributed by atoms with Crippen molar-refractivity contribution >= 4 is 17.4 Å². The van der Waals surface area contributed by atoms with Crippen LogP contribution in [0.15, 0.2) is 30.3 Å². The molecule has 1 aliphatic rings. The Morgan fingerprint density at radius 1 is 1.20 bits per heavy atom. The number of aromatic nitrogens is 2. The van der Waals surface area contributed by atoms with Crippen molar-refractivity contribution in [3.63, 3.8) is 0 Å². The van der Waals surface area contributed by atoms with Gasteiger partial charge < -0.3 is 15.4 Å². The zero-order valence-electron chi connectivity index (χ0n) is 18.4. The smallest absolute Gasteiger partial charge is 0.234 e. The highest BCUT2D eigenvalue weighted by Crippen LogP contribution is 2.29. The van der Waals surface area contributed by atoms with E-state index in [-0.39, 0.29) is 11.9 Å². The Kier molecular flexibility index (Phi) is 7.76. The van der Waals surface area contributed by atoms with Gasteiger partial charge in [0.25, 0.3) is 0 Å². The molecule has 7 heteroatoms. The molecule has 1 aliphatic heterocycles. The van der Waals surface area contributed by atoms with E-state index in [0.29, 0.717) is 19.1 Å². The molecule has 0 radical (unpaired) electrons. The molecule has 162 valence electrons. The van der Waals surface area contributed by atoms with Crippen LogP contribution >= 0.6 is 0 Å². The summed E-state index contributed by atoms with van der Waals surface area (Å²) in [6.07, 6.45) is 2.00. The molecule has 0 bridgehead atoms. The fourth-order valence-corrected chi connectivity index (χ4v) is 3.94. The van der Waals surface area contributed by atoms with Gasteiger partial charge in [0.05, 0.1) is 13.2 Å². The van der Waals surface area contributed by atoms with Crippen LogP contribution in [0.5, 0.6) is 0 Å². The minimum atomic E-state index is 0.0327. The molecule has 30 heavy (non-hydrogen) atoms. The zero-order chi connectivity index (χ0) is 21.5. The topological polar surface area (TPSA) is 79.4 Å². The molecule has 1 atom stereocenters. The number of hydrogen-bond acceptors (Lipinski definition) is 6. The third-order valence-corrected chi connectivity index (χ3v) is 5.33. The van der Waals surface area contributed by atoms with Crippen molar-refractivity contribution < 1.29 is 9.53 Å². The van der Waals surface area contributed by atoms with Crippen molar-refractivity contribution in [3.8, 4) is 0 Å². The van der Waals surface area contributed by atoms with Crippen LogP contribution in [0, 0.1) is 13.8 Å². The average Bonchev–Trinajstić information content (AvgIpc) is 2.68. The maximum absolute atomic E-state index is 12.2. The van der Waals surface area contributed by atoms with Crippen LogP contribution in [-0.4, -0.2) is 60.2 Å². The Balaban J connectivity index is 1.56. The molecule has 1 fully saturated rings. The van der Waals surface area contributed by atoms with Crippen LogP contribution in [0.1, 0.15) is 42.8 Å². The summed E-state index contributed by atoms with van der Waals surface area (Å²) >= 11 is 0. The Hall–Kier alpha value is -2.51. The summed E-state index contributed by atoms with van der Waals surface area (Å²) in [6.45, 7) is 8.73. The number of nitrogens with zero attached hydrogens (tertiary/aromatic N) is 3. The lowest BCUT2D eigenvalue weighted by atomic mass is 9.92. The van der Waals surface area contributed by atoms with Gasteiger partial charge in [0, 0.05) is 41.8 Å². The number of methoxy groups -OCH3 is 1. The molecule has 7 nitrogen and oxygen atoms in total. The van der Waals surface area contributed by atoms with Gasteiger partial charge in [0.15, 0.2) is 0 Å². The number of pyridine rings is 2. The lowest BCUT2D eigenvalue weighted by molar-refractivity contribution is -0.123. The summed E-state index contributed by atoms with van der Waals surface area (Å²) in [4.78, 5) is 23.7. The van der Waals surface area contributed by atoms with Crippen LogP contribution in [-0.2, 0) is 9.53 Å². The molecule has 2 aromatic rings. The Morgan fingerprint density at radius 2 is 1.97 bits per heavy atom. The van der Waals surface area contributed by atoms with Crippen molar-refractivity contribution in [1.29, 1.82) is 0 Å². The molecule has 1 saturated heterocycles. The standard InChI is InChI=1S/C23H33N5O2/c1-16-6-5-7-22(25-16)27-20-12-17(2)24-21(13-20)19-8-10-28(11-9-19)14-23(29)26-18(3)15-30-4/h5-7,12-13,18-19H,8-11,14-15H2,1-4H3,(H,26,29)(H,24,25,27)/t18-/m1/s1. The molecule has 0 unspecified atom stereocenters. The Labute approximate surface area is 179 Å². The normalized spacial score (nSPS) is 16.3. The summed E-state index contributed by atoms with van der Waals surface area (Å²) in [5, 5.41) is 6.38. The SMILES string of the molecule is COC[C@@H](C)NC(=O)CN1CCC(c2cc(Nc3cccc(C)n3)cc(C)n2)CC1. The third-order valence-electron chi connectivity index (χ3n) is 5.33. The molecular weight excluding hydrogens is 378 g/mol. The summed E-state index contributed by atoms with van der Waals surface area (Å²) in [5.41, 5.74) is 4.11. The lowest BCUT2D eigenvalue weighted by Gasteiger charge is -2.31. The van der Waals surface area contributed by atoms with Gasteiger partial charge >= 0.3 is 0 Å². The number of carbonyl (C=O) groups is 1. The lowest BCUT2D eigenvalue weighted by Crippen LogP contribution is -2.44. The molecule has 0 aliphatic carbocycles. The zero-order valence-corrected chi connectivity index (χ0v) is 18.4. The summed E-state index contributed by atoms with van der Waals surface area (Å²) in [6, 6.07) is 10.2.